The number of hydrogen-bond acceptors (Lipinski definition) is 2. The summed E-state index contributed by atoms with van der Waals surface area (Å²) in [6.45, 7) is 3.59. The molecular weight excluding hydrogens is 128 g/mol. The van der Waals surface area contributed by atoms with Gasteiger partial charge in [0.15, 0.2) is 0 Å². The van der Waals surface area contributed by atoms with Gasteiger partial charge in [-0.25, -0.2) is 0 Å². The molecule has 2 heteroatoms. The predicted molar refractivity (Wildman–Crippen MR) is 41.6 cm³/mol. The molecule has 0 aliphatic carbocycles. The van der Waals surface area contributed by atoms with Crippen LogP contribution in [0.1, 0.15) is 13.8 Å². The second kappa shape index (κ2) is 5.21. The van der Waals surface area contributed by atoms with Gasteiger partial charge in [0, 0.05) is 0 Å². The Hall–Kier alpha value is -0.600. The molecule has 0 aliphatic heterocycles. The number of aliphatic hydroxyl groups is 2. The molecule has 0 aromatic carbocycles. The zero-order valence-electron chi connectivity index (χ0n) is 6.36. The standard InChI is InChI=1S/C8H14O2/c1-3-5-7(9)8(10)6-4-2/h3-10H,1-2H3/b5-3+,6-4+/t7-,8-/m0/s1. The van der Waals surface area contributed by atoms with E-state index >= 15 is 0 Å². The van der Waals surface area contributed by atoms with Crippen molar-refractivity contribution in [1.82, 2.24) is 0 Å². The second-order valence-corrected chi connectivity index (χ2v) is 2.03. The predicted octanol–water partition coefficient (Wildman–Crippen LogP) is 0.860. The summed E-state index contributed by atoms with van der Waals surface area (Å²) in [5.41, 5.74) is 0. The number of aliphatic hydroxyl groups excluding tert-OH is 2. The van der Waals surface area contributed by atoms with E-state index in [9.17, 15) is 0 Å². The Morgan fingerprint density at radius 3 is 1.40 bits per heavy atom. The van der Waals surface area contributed by atoms with Crippen LogP contribution in [-0.2, 0) is 0 Å². The molecular formula is C8H14O2. The highest BCUT2D eigenvalue weighted by atomic mass is 16.3. The molecule has 0 saturated carbocycles. The fourth-order valence-corrected chi connectivity index (χ4v) is 0.622. The van der Waals surface area contributed by atoms with E-state index in [0.29, 0.717) is 0 Å². The molecule has 0 aromatic rings. The smallest absolute Gasteiger partial charge is 0.102 e. The molecule has 0 radical (unpaired) electrons. The summed E-state index contributed by atoms with van der Waals surface area (Å²) in [5, 5.41) is 18.1. The molecule has 10 heavy (non-hydrogen) atoms. The highest BCUT2D eigenvalue weighted by molar-refractivity contribution is 4.98. The summed E-state index contributed by atoms with van der Waals surface area (Å²) in [4.78, 5) is 0. The van der Waals surface area contributed by atoms with Gasteiger partial charge in [-0.3, -0.25) is 0 Å². The molecule has 0 spiro atoms. The Morgan fingerprint density at radius 1 is 0.900 bits per heavy atom. The van der Waals surface area contributed by atoms with Crippen molar-refractivity contribution in [3.63, 3.8) is 0 Å². The average molecular weight is 142 g/mol. The third kappa shape index (κ3) is 3.43. The van der Waals surface area contributed by atoms with Gasteiger partial charge in [-0.1, -0.05) is 24.3 Å². The molecule has 2 N–H and O–H groups in total. The Balaban J connectivity index is 3.81. The van der Waals surface area contributed by atoms with E-state index in [0.717, 1.165) is 0 Å². The lowest BCUT2D eigenvalue weighted by Crippen LogP contribution is -2.20. The molecule has 0 fully saturated rings. The summed E-state index contributed by atoms with van der Waals surface area (Å²) < 4.78 is 0. The van der Waals surface area contributed by atoms with Crippen LogP contribution in [0.2, 0.25) is 0 Å². The Bertz CT molecular complexity index is 111. The zero-order chi connectivity index (χ0) is 7.98. The first-order valence-corrected chi connectivity index (χ1v) is 3.34. The molecule has 0 bridgehead atoms. The summed E-state index contributed by atoms with van der Waals surface area (Å²) >= 11 is 0. The quantitative estimate of drug-likeness (QED) is 0.574. The summed E-state index contributed by atoms with van der Waals surface area (Å²) in [5.74, 6) is 0. The van der Waals surface area contributed by atoms with E-state index < -0.39 is 12.2 Å². The monoisotopic (exact) mass is 142 g/mol. The molecule has 0 aliphatic rings. The van der Waals surface area contributed by atoms with E-state index in [4.69, 9.17) is 10.2 Å². The molecule has 58 valence electrons. The lowest BCUT2D eigenvalue weighted by atomic mass is 10.2. The van der Waals surface area contributed by atoms with Gasteiger partial charge in [0.2, 0.25) is 0 Å². The van der Waals surface area contributed by atoms with E-state index in [2.05, 4.69) is 0 Å². The fraction of sp³-hybridized carbons (Fsp3) is 0.500. The van der Waals surface area contributed by atoms with Crippen LogP contribution in [0.3, 0.4) is 0 Å². The van der Waals surface area contributed by atoms with Crippen molar-refractivity contribution < 1.29 is 10.2 Å². The molecule has 2 atom stereocenters. The SMILES string of the molecule is C/C=C/[C@H](O)[C@@H](O)/C=C/C. The van der Waals surface area contributed by atoms with Crippen molar-refractivity contribution in [2.24, 2.45) is 0 Å². The van der Waals surface area contributed by atoms with Crippen LogP contribution < -0.4 is 0 Å². The zero-order valence-corrected chi connectivity index (χ0v) is 6.36. The maximum absolute atomic E-state index is 9.06. The van der Waals surface area contributed by atoms with E-state index in [1.54, 1.807) is 38.2 Å². The van der Waals surface area contributed by atoms with Crippen LogP contribution in [-0.4, -0.2) is 22.4 Å². The molecule has 0 saturated heterocycles. The van der Waals surface area contributed by atoms with E-state index in [-0.39, 0.29) is 0 Å². The van der Waals surface area contributed by atoms with Gasteiger partial charge in [-0.05, 0) is 13.8 Å². The lowest BCUT2D eigenvalue weighted by Gasteiger charge is -2.08. The van der Waals surface area contributed by atoms with Crippen molar-refractivity contribution in [3.05, 3.63) is 24.3 Å². The van der Waals surface area contributed by atoms with Gasteiger partial charge in [0.1, 0.15) is 12.2 Å². The molecule has 0 heterocycles. The normalized spacial score (nSPS) is 18.4. The average Bonchev–Trinajstić information content (AvgIpc) is 1.89. The van der Waals surface area contributed by atoms with Crippen LogP contribution >= 0.6 is 0 Å². The van der Waals surface area contributed by atoms with E-state index in [1.807, 2.05) is 0 Å². The summed E-state index contributed by atoms with van der Waals surface area (Å²) in [6.07, 6.45) is 4.95. The minimum atomic E-state index is -0.777. The maximum Gasteiger partial charge on any atom is 0.102 e. The molecule has 0 aromatic heterocycles. The number of hydrogen-bond donors (Lipinski definition) is 2. The van der Waals surface area contributed by atoms with Crippen molar-refractivity contribution in [1.29, 1.82) is 0 Å². The highest BCUT2D eigenvalue weighted by Gasteiger charge is 2.06. The third-order valence-corrected chi connectivity index (χ3v) is 1.13. The summed E-state index contributed by atoms with van der Waals surface area (Å²) in [6, 6.07) is 0. The topological polar surface area (TPSA) is 40.5 Å². The first-order valence-electron chi connectivity index (χ1n) is 3.34. The largest absolute Gasteiger partial charge is 0.386 e. The summed E-state index contributed by atoms with van der Waals surface area (Å²) in [7, 11) is 0. The molecule has 0 unspecified atom stereocenters. The van der Waals surface area contributed by atoms with Gasteiger partial charge >= 0.3 is 0 Å². The highest BCUT2D eigenvalue weighted by Crippen LogP contribution is 1.96. The minimum Gasteiger partial charge on any atom is -0.386 e. The van der Waals surface area contributed by atoms with Crippen LogP contribution in [0.4, 0.5) is 0 Å². The second-order valence-electron chi connectivity index (χ2n) is 2.03. The fourth-order valence-electron chi connectivity index (χ4n) is 0.622. The Kier molecular flexibility index (Phi) is 4.89. The first kappa shape index (κ1) is 9.40. The Morgan fingerprint density at radius 2 is 1.20 bits per heavy atom. The third-order valence-electron chi connectivity index (χ3n) is 1.13. The van der Waals surface area contributed by atoms with Crippen LogP contribution in [0, 0.1) is 0 Å². The van der Waals surface area contributed by atoms with E-state index in [1.165, 1.54) is 0 Å². The van der Waals surface area contributed by atoms with Gasteiger partial charge in [-0.15, -0.1) is 0 Å². The minimum absolute atomic E-state index is 0.777. The van der Waals surface area contributed by atoms with Crippen LogP contribution in [0.25, 0.3) is 0 Å². The van der Waals surface area contributed by atoms with Gasteiger partial charge in [-0.2, -0.15) is 0 Å². The first-order chi connectivity index (χ1) is 4.72. The molecule has 0 rings (SSSR count). The van der Waals surface area contributed by atoms with Gasteiger partial charge < -0.3 is 10.2 Å². The van der Waals surface area contributed by atoms with Crippen molar-refractivity contribution in [3.8, 4) is 0 Å². The Labute approximate surface area is 61.5 Å². The van der Waals surface area contributed by atoms with Crippen LogP contribution in [0.5, 0.6) is 0 Å². The number of rotatable bonds is 3. The van der Waals surface area contributed by atoms with Crippen LogP contribution in [0.15, 0.2) is 24.3 Å². The lowest BCUT2D eigenvalue weighted by molar-refractivity contribution is 0.0807. The maximum atomic E-state index is 9.06. The van der Waals surface area contributed by atoms with Gasteiger partial charge in [0.25, 0.3) is 0 Å². The molecule has 0 amide bonds. The van der Waals surface area contributed by atoms with Crippen molar-refractivity contribution in [2.45, 2.75) is 26.1 Å². The molecule has 2 nitrogen and oxygen atoms in total. The van der Waals surface area contributed by atoms with Crippen molar-refractivity contribution in [2.75, 3.05) is 0 Å². The number of allylic oxidation sites excluding steroid dienone is 2. The van der Waals surface area contributed by atoms with Gasteiger partial charge in [0.05, 0.1) is 0 Å². The van der Waals surface area contributed by atoms with Crippen molar-refractivity contribution >= 4 is 0 Å².